The van der Waals surface area contributed by atoms with Gasteiger partial charge in [-0.15, -0.1) is 24.0 Å². The van der Waals surface area contributed by atoms with Gasteiger partial charge in [0, 0.05) is 33.2 Å². The fourth-order valence-corrected chi connectivity index (χ4v) is 4.52. The van der Waals surface area contributed by atoms with Crippen LogP contribution in [0.25, 0.3) is 0 Å². The van der Waals surface area contributed by atoms with Crippen LogP contribution < -0.4 is 5.32 Å². The van der Waals surface area contributed by atoms with Crippen molar-refractivity contribution >= 4 is 35.8 Å². The van der Waals surface area contributed by atoms with Crippen LogP contribution in [0.2, 0.25) is 0 Å². The molecule has 5 nitrogen and oxygen atoms in total. The van der Waals surface area contributed by atoms with Crippen LogP contribution in [0.4, 0.5) is 0 Å². The maximum Gasteiger partial charge on any atom is 0.241 e. The number of piperidine rings is 2. The largest absolute Gasteiger partial charge is 0.347 e. The number of rotatable bonds is 4. The van der Waals surface area contributed by atoms with Crippen molar-refractivity contribution in [2.45, 2.75) is 44.9 Å². The molecule has 2 heterocycles. The maximum absolute atomic E-state index is 12.4. The minimum Gasteiger partial charge on any atom is -0.347 e. The van der Waals surface area contributed by atoms with Gasteiger partial charge in [0.05, 0.1) is 6.54 Å². The summed E-state index contributed by atoms with van der Waals surface area (Å²) in [6.45, 7) is 6.41. The smallest absolute Gasteiger partial charge is 0.241 e. The number of aliphatic imine (C=N–C) groups is 1. The van der Waals surface area contributed by atoms with Crippen molar-refractivity contribution in [1.82, 2.24) is 15.1 Å². The van der Waals surface area contributed by atoms with Gasteiger partial charge in [-0.25, -0.2) is 0 Å². The molecule has 0 saturated carbocycles. The molecule has 2 atom stereocenters. The Morgan fingerprint density at radius 1 is 1.11 bits per heavy atom. The number of benzene rings is 1. The van der Waals surface area contributed by atoms with Gasteiger partial charge < -0.3 is 15.1 Å². The average Bonchev–Trinajstić information content (AvgIpc) is 2.75. The molecule has 1 aromatic rings. The molecule has 0 radical (unpaired) electrons. The Morgan fingerprint density at radius 3 is 2.46 bits per heavy atom. The molecule has 0 aromatic heterocycles. The second kappa shape index (κ2) is 11.6. The summed E-state index contributed by atoms with van der Waals surface area (Å²) in [6.07, 6.45) is 5.79. The summed E-state index contributed by atoms with van der Waals surface area (Å²) in [4.78, 5) is 21.2. The topological polar surface area (TPSA) is 47.9 Å². The molecule has 6 heteroatoms. The van der Waals surface area contributed by atoms with Crippen LogP contribution in [0.5, 0.6) is 0 Å². The van der Waals surface area contributed by atoms with E-state index in [0.717, 1.165) is 57.8 Å². The van der Waals surface area contributed by atoms with Crippen molar-refractivity contribution < 1.29 is 4.79 Å². The van der Waals surface area contributed by atoms with Crippen molar-refractivity contribution in [3.8, 4) is 0 Å². The van der Waals surface area contributed by atoms with Crippen LogP contribution in [0.15, 0.2) is 35.3 Å². The van der Waals surface area contributed by atoms with E-state index in [1.165, 1.54) is 12.0 Å². The molecule has 1 N–H and O–H groups in total. The number of hydrogen-bond acceptors (Lipinski definition) is 2. The number of hydrogen-bond donors (Lipinski definition) is 1. The minimum absolute atomic E-state index is 0. The van der Waals surface area contributed by atoms with Crippen molar-refractivity contribution in [1.29, 1.82) is 0 Å². The normalized spacial score (nSPS) is 23.1. The van der Waals surface area contributed by atoms with E-state index in [-0.39, 0.29) is 29.9 Å². The van der Waals surface area contributed by atoms with Crippen molar-refractivity contribution in [3.05, 3.63) is 35.9 Å². The van der Waals surface area contributed by atoms with Gasteiger partial charge in [0.1, 0.15) is 0 Å². The van der Waals surface area contributed by atoms with Crippen LogP contribution in [-0.4, -0.2) is 61.4 Å². The predicted molar refractivity (Wildman–Crippen MR) is 126 cm³/mol. The highest BCUT2D eigenvalue weighted by molar-refractivity contribution is 14.0. The number of likely N-dealkylation sites (tertiary alicyclic amines) is 2. The lowest BCUT2D eigenvalue weighted by Crippen LogP contribution is -2.51. The number of halogens is 1. The Bertz CT molecular complexity index is 631. The minimum atomic E-state index is 0. The summed E-state index contributed by atoms with van der Waals surface area (Å²) in [5.41, 5.74) is 1.45. The van der Waals surface area contributed by atoms with Gasteiger partial charge in [-0.3, -0.25) is 9.79 Å². The van der Waals surface area contributed by atoms with Crippen LogP contribution in [0.3, 0.4) is 0 Å². The lowest BCUT2D eigenvalue weighted by molar-refractivity contribution is -0.130. The van der Waals surface area contributed by atoms with Crippen LogP contribution >= 0.6 is 24.0 Å². The fraction of sp³-hybridized carbons (Fsp3) is 0.636. The van der Waals surface area contributed by atoms with Crippen LogP contribution in [0.1, 0.15) is 50.5 Å². The second-order valence-corrected chi connectivity index (χ2v) is 7.76. The summed E-state index contributed by atoms with van der Waals surface area (Å²) < 4.78 is 0. The number of nitrogens with one attached hydrogen (secondary N) is 1. The molecule has 2 aliphatic rings. The van der Waals surface area contributed by atoms with Gasteiger partial charge >= 0.3 is 0 Å². The molecule has 156 valence electrons. The molecule has 2 fully saturated rings. The van der Waals surface area contributed by atoms with E-state index in [1.54, 1.807) is 0 Å². The zero-order valence-corrected chi connectivity index (χ0v) is 19.6. The third kappa shape index (κ3) is 5.84. The molecular weight excluding hydrogens is 463 g/mol. The van der Waals surface area contributed by atoms with E-state index < -0.39 is 0 Å². The van der Waals surface area contributed by atoms with E-state index in [4.69, 9.17) is 0 Å². The number of carbonyl (C=O) groups is 1. The first-order chi connectivity index (χ1) is 13.2. The third-order valence-electron chi connectivity index (χ3n) is 6.10. The SMILES string of the molecule is CCC1CN(C(=NC)NCC(=O)N2CCCCC2)CCC1c1ccccc1.I. The van der Waals surface area contributed by atoms with E-state index in [9.17, 15) is 4.79 Å². The Labute approximate surface area is 187 Å². The molecule has 2 aliphatic heterocycles. The number of nitrogens with zero attached hydrogens (tertiary/aromatic N) is 3. The molecule has 1 amide bonds. The fourth-order valence-electron chi connectivity index (χ4n) is 4.52. The van der Waals surface area contributed by atoms with E-state index in [1.807, 2.05) is 11.9 Å². The zero-order valence-electron chi connectivity index (χ0n) is 17.3. The first-order valence-electron chi connectivity index (χ1n) is 10.5. The monoisotopic (exact) mass is 498 g/mol. The highest BCUT2D eigenvalue weighted by atomic mass is 127. The Hall–Kier alpha value is -1.31. The number of guanidine groups is 1. The lowest BCUT2D eigenvalue weighted by Gasteiger charge is -2.40. The molecule has 3 rings (SSSR count). The van der Waals surface area contributed by atoms with E-state index in [2.05, 4.69) is 52.5 Å². The molecule has 0 bridgehead atoms. The highest BCUT2D eigenvalue weighted by Crippen LogP contribution is 2.34. The Balaban J connectivity index is 0.00000280. The summed E-state index contributed by atoms with van der Waals surface area (Å²) in [5.74, 6) is 2.28. The summed E-state index contributed by atoms with van der Waals surface area (Å²) in [6, 6.07) is 10.9. The molecule has 2 unspecified atom stereocenters. The third-order valence-corrected chi connectivity index (χ3v) is 6.10. The zero-order chi connectivity index (χ0) is 19.1. The molecule has 1 aromatic carbocycles. The molecular formula is C22H35IN4O. The Morgan fingerprint density at radius 2 is 1.82 bits per heavy atom. The van der Waals surface area contributed by atoms with Gasteiger partial charge in [-0.2, -0.15) is 0 Å². The summed E-state index contributed by atoms with van der Waals surface area (Å²) in [5, 5.41) is 3.32. The number of carbonyl (C=O) groups excluding carboxylic acids is 1. The number of amides is 1. The summed E-state index contributed by atoms with van der Waals surface area (Å²) in [7, 11) is 1.82. The summed E-state index contributed by atoms with van der Waals surface area (Å²) >= 11 is 0. The van der Waals surface area contributed by atoms with Crippen molar-refractivity contribution in [2.75, 3.05) is 39.8 Å². The first kappa shape index (κ1) is 23.0. The van der Waals surface area contributed by atoms with Gasteiger partial charge in [0.2, 0.25) is 5.91 Å². The molecule has 0 aliphatic carbocycles. The maximum atomic E-state index is 12.4. The molecule has 28 heavy (non-hydrogen) atoms. The van der Waals surface area contributed by atoms with Gasteiger partial charge in [-0.1, -0.05) is 43.7 Å². The van der Waals surface area contributed by atoms with Crippen molar-refractivity contribution in [2.24, 2.45) is 10.9 Å². The van der Waals surface area contributed by atoms with E-state index in [0.29, 0.717) is 18.4 Å². The molecule has 2 saturated heterocycles. The van der Waals surface area contributed by atoms with Gasteiger partial charge in [0.15, 0.2) is 5.96 Å². The first-order valence-corrected chi connectivity index (χ1v) is 10.5. The molecule has 0 spiro atoms. The highest BCUT2D eigenvalue weighted by Gasteiger charge is 2.30. The van der Waals surface area contributed by atoms with Crippen LogP contribution in [0, 0.1) is 5.92 Å². The lowest BCUT2D eigenvalue weighted by atomic mass is 9.79. The average molecular weight is 498 g/mol. The van der Waals surface area contributed by atoms with E-state index >= 15 is 0 Å². The predicted octanol–water partition coefficient (Wildman–Crippen LogP) is 3.71. The van der Waals surface area contributed by atoms with Gasteiger partial charge in [-0.05, 0) is 43.1 Å². The second-order valence-electron chi connectivity index (χ2n) is 7.76. The van der Waals surface area contributed by atoms with Gasteiger partial charge in [0.25, 0.3) is 0 Å². The van der Waals surface area contributed by atoms with Crippen molar-refractivity contribution in [3.63, 3.8) is 0 Å². The Kier molecular flexibility index (Phi) is 9.55. The standard InChI is InChI=1S/C22H34N4O.HI/c1-3-18-17-26(15-12-20(18)19-10-6-4-7-11-19)22(23-2)24-16-21(27)25-13-8-5-9-14-25;/h4,6-7,10-11,18,20H,3,5,8-9,12-17H2,1-2H3,(H,23,24);1H. The quantitative estimate of drug-likeness (QED) is 0.391. The van der Waals surface area contributed by atoms with Crippen LogP contribution in [-0.2, 0) is 4.79 Å².